The summed E-state index contributed by atoms with van der Waals surface area (Å²) in [5.41, 5.74) is 5.78. The van der Waals surface area contributed by atoms with Gasteiger partial charge >= 0.3 is 0 Å². The molecule has 3 aliphatic rings. The molecular formula is C19H21N3. The number of hydrogen-bond donors (Lipinski definition) is 1. The van der Waals surface area contributed by atoms with Crippen LogP contribution in [0.5, 0.6) is 0 Å². The van der Waals surface area contributed by atoms with Gasteiger partial charge in [-0.25, -0.2) is 0 Å². The Labute approximate surface area is 131 Å². The minimum Gasteiger partial charge on any atom is -0.366 e. The number of nitrogens with one attached hydrogen (secondary N) is 1. The van der Waals surface area contributed by atoms with Crippen molar-refractivity contribution in [2.45, 2.75) is 50.5 Å². The van der Waals surface area contributed by atoms with Crippen LogP contribution in [0.2, 0.25) is 0 Å². The molecule has 112 valence electrons. The highest BCUT2D eigenvalue weighted by Gasteiger charge is 2.44. The Hall–Kier alpha value is -1.90. The number of benzene rings is 1. The van der Waals surface area contributed by atoms with Gasteiger partial charge in [0.1, 0.15) is 5.82 Å². The lowest BCUT2D eigenvalue weighted by atomic mass is 9.60. The lowest BCUT2D eigenvalue weighted by Crippen LogP contribution is -2.47. The van der Waals surface area contributed by atoms with E-state index in [0.717, 1.165) is 24.1 Å². The van der Waals surface area contributed by atoms with Gasteiger partial charge in [-0.05, 0) is 73.1 Å². The summed E-state index contributed by atoms with van der Waals surface area (Å²) in [5, 5.41) is 12.5. The Morgan fingerprint density at radius 1 is 1.00 bits per heavy atom. The third-order valence-electron chi connectivity index (χ3n) is 5.90. The molecule has 3 nitrogen and oxygen atoms in total. The quantitative estimate of drug-likeness (QED) is 0.920. The number of nitrogens with zero attached hydrogens (tertiary/aromatic N) is 2. The fraction of sp³-hybridized carbons (Fsp3) is 0.474. The molecule has 3 unspecified atom stereocenters. The molecule has 3 atom stereocenters. The molecule has 1 saturated carbocycles. The summed E-state index contributed by atoms with van der Waals surface area (Å²) >= 11 is 0. The van der Waals surface area contributed by atoms with Crippen LogP contribution in [0, 0.1) is 5.92 Å². The summed E-state index contributed by atoms with van der Waals surface area (Å²) < 4.78 is 0. The first-order valence-corrected chi connectivity index (χ1v) is 8.58. The van der Waals surface area contributed by atoms with Crippen LogP contribution in [0.3, 0.4) is 0 Å². The molecule has 2 aromatic rings. The maximum atomic E-state index is 4.40. The Morgan fingerprint density at radius 2 is 1.95 bits per heavy atom. The Morgan fingerprint density at radius 3 is 2.95 bits per heavy atom. The number of rotatable bonds is 2. The van der Waals surface area contributed by atoms with Gasteiger partial charge in [0, 0.05) is 6.04 Å². The van der Waals surface area contributed by atoms with E-state index in [1.807, 2.05) is 0 Å². The second-order valence-electron chi connectivity index (χ2n) is 7.05. The monoisotopic (exact) mass is 291 g/mol. The van der Waals surface area contributed by atoms with E-state index in [9.17, 15) is 0 Å². The van der Waals surface area contributed by atoms with Crippen LogP contribution in [0.4, 0.5) is 5.82 Å². The van der Waals surface area contributed by atoms with Gasteiger partial charge in [-0.1, -0.05) is 24.3 Å². The predicted molar refractivity (Wildman–Crippen MR) is 87.1 cm³/mol. The van der Waals surface area contributed by atoms with Crippen LogP contribution >= 0.6 is 0 Å². The van der Waals surface area contributed by atoms with Crippen molar-refractivity contribution in [2.75, 3.05) is 5.32 Å². The third kappa shape index (κ3) is 1.88. The van der Waals surface area contributed by atoms with Crippen LogP contribution in [0.15, 0.2) is 30.3 Å². The summed E-state index contributed by atoms with van der Waals surface area (Å²) in [7, 11) is 0. The van der Waals surface area contributed by atoms with Crippen molar-refractivity contribution in [3.8, 4) is 0 Å². The van der Waals surface area contributed by atoms with Crippen molar-refractivity contribution in [1.29, 1.82) is 0 Å². The molecule has 1 N–H and O–H groups in total. The number of hydrogen-bond acceptors (Lipinski definition) is 3. The number of aryl methyl sites for hydroxylation is 3. The molecule has 3 heteroatoms. The second-order valence-corrected chi connectivity index (χ2v) is 7.05. The molecule has 0 saturated heterocycles. The Kier molecular flexibility index (Phi) is 2.76. The lowest BCUT2D eigenvalue weighted by molar-refractivity contribution is 0.194. The van der Waals surface area contributed by atoms with E-state index in [1.54, 1.807) is 11.1 Å². The fourth-order valence-electron chi connectivity index (χ4n) is 4.67. The van der Waals surface area contributed by atoms with Gasteiger partial charge in [0.2, 0.25) is 0 Å². The average molecular weight is 291 g/mol. The molecular weight excluding hydrogens is 270 g/mol. The summed E-state index contributed by atoms with van der Waals surface area (Å²) in [6.45, 7) is 0. The first-order valence-electron chi connectivity index (χ1n) is 8.58. The molecule has 22 heavy (non-hydrogen) atoms. The van der Waals surface area contributed by atoms with E-state index >= 15 is 0 Å². The molecule has 1 heterocycles. The molecule has 0 spiro atoms. The summed E-state index contributed by atoms with van der Waals surface area (Å²) in [6.07, 6.45) is 7.28. The van der Waals surface area contributed by atoms with E-state index in [2.05, 4.69) is 45.8 Å². The second kappa shape index (κ2) is 4.80. The highest BCUT2D eigenvalue weighted by atomic mass is 15.2. The molecule has 1 aromatic heterocycles. The zero-order valence-corrected chi connectivity index (χ0v) is 12.8. The summed E-state index contributed by atoms with van der Waals surface area (Å²) in [5.74, 6) is 2.51. The van der Waals surface area contributed by atoms with E-state index in [1.165, 1.54) is 43.4 Å². The van der Waals surface area contributed by atoms with Crippen LogP contribution in [0.1, 0.15) is 47.6 Å². The van der Waals surface area contributed by atoms with Gasteiger partial charge in [0.15, 0.2) is 0 Å². The molecule has 1 aromatic carbocycles. The van der Waals surface area contributed by atoms with Crippen molar-refractivity contribution in [3.63, 3.8) is 0 Å². The van der Waals surface area contributed by atoms with E-state index in [4.69, 9.17) is 0 Å². The normalized spacial score (nSPS) is 28.3. The molecule has 0 amide bonds. The van der Waals surface area contributed by atoms with Gasteiger partial charge in [-0.15, -0.1) is 5.10 Å². The Balaban J connectivity index is 1.33. The van der Waals surface area contributed by atoms with Crippen molar-refractivity contribution < 1.29 is 0 Å². The fourth-order valence-corrected chi connectivity index (χ4v) is 4.67. The first-order chi connectivity index (χ1) is 10.9. The Bertz CT molecular complexity index is 724. The molecule has 0 aliphatic heterocycles. The molecule has 5 rings (SSSR count). The highest BCUT2D eigenvalue weighted by Crippen LogP contribution is 2.50. The van der Waals surface area contributed by atoms with E-state index < -0.39 is 0 Å². The van der Waals surface area contributed by atoms with Crippen LogP contribution in [-0.4, -0.2) is 16.2 Å². The smallest absolute Gasteiger partial charge is 0.149 e. The molecule has 0 radical (unpaired) electrons. The minimum absolute atomic E-state index is 0.576. The van der Waals surface area contributed by atoms with Gasteiger partial charge in [0.05, 0.1) is 5.69 Å². The molecule has 3 aliphatic carbocycles. The minimum atomic E-state index is 0.576. The van der Waals surface area contributed by atoms with Gasteiger partial charge in [-0.3, -0.25) is 0 Å². The predicted octanol–water partition coefficient (Wildman–Crippen LogP) is 3.50. The van der Waals surface area contributed by atoms with Crippen LogP contribution in [0.25, 0.3) is 0 Å². The van der Waals surface area contributed by atoms with Crippen molar-refractivity contribution in [1.82, 2.24) is 10.2 Å². The summed E-state index contributed by atoms with van der Waals surface area (Å²) in [6, 6.07) is 11.8. The average Bonchev–Trinajstić information content (AvgIpc) is 2.99. The van der Waals surface area contributed by atoms with E-state index in [0.29, 0.717) is 6.04 Å². The van der Waals surface area contributed by atoms with Crippen molar-refractivity contribution >= 4 is 5.82 Å². The maximum Gasteiger partial charge on any atom is 0.149 e. The molecule has 1 fully saturated rings. The van der Waals surface area contributed by atoms with Gasteiger partial charge in [0.25, 0.3) is 0 Å². The van der Waals surface area contributed by atoms with Crippen LogP contribution in [-0.2, 0) is 19.3 Å². The molecule has 0 bridgehead atoms. The summed E-state index contributed by atoms with van der Waals surface area (Å²) in [4.78, 5) is 0. The first kappa shape index (κ1) is 12.6. The number of fused-ring (bicyclic) bond motifs is 4. The standard InChI is InChI=1S/C19H21N3/c1-2-6-14-12(4-1)8-9-15-16(14)11-18(15)20-19-10-13-5-3-7-17(13)21-22-19/h1-2,4,6,10,15-16,18H,3,5,7-9,11H2,(H,20,22). The van der Waals surface area contributed by atoms with Crippen LogP contribution < -0.4 is 5.32 Å². The SMILES string of the molecule is c1ccc2c(c1)CCC1C(Nc3cc4c(nn3)CCC4)CC21. The zero-order valence-electron chi connectivity index (χ0n) is 12.8. The van der Waals surface area contributed by atoms with Crippen molar-refractivity contribution in [3.05, 3.63) is 52.7 Å². The lowest BCUT2D eigenvalue weighted by Gasteiger charge is -2.49. The third-order valence-corrected chi connectivity index (χ3v) is 5.90. The number of aromatic nitrogens is 2. The largest absolute Gasteiger partial charge is 0.366 e. The van der Waals surface area contributed by atoms with Crippen molar-refractivity contribution in [2.24, 2.45) is 5.92 Å². The van der Waals surface area contributed by atoms with E-state index in [-0.39, 0.29) is 0 Å². The van der Waals surface area contributed by atoms with Gasteiger partial charge < -0.3 is 5.32 Å². The number of anilines is 1. The maximum absolute atomic E-state index is 4.40. The zero-order chi connectivity index (χ0) is 14.5. The highest BCUT2D eigenvalue weighted by molar-refractivity contribution is 5.44. The topological polar surface area (TPSA) is 37.8 Å². The van der Waals surface area contributed by atoms with Gasteiger partial charge in [-0.2, -0.15) is 5.10 Å².